The summed E-state index contributed by atoms with van der Waals surface area (Å²) in [5.41, 5.74) is 6.23. The lowest BCUT2D eigenvalue weighted by Crippen LogP contribution is -2.47. The first kappa shape index (κ1) is 10.7. The van der Waals surface area contributed by atoms with Crippen LogP contribution in [0, 0.1) is 0 Å². The Balaban J connectivity index is 2.30. The lowest BCUT2D eigenvalue weighted by Gasteiger charge is -2.09. The fourth-order valence-corrected chi connectivity index (χ4v) is 1.68. The molecule has 2 rings (SSSR count). The van der Waals surface area contributed by atoms with Crippen molar-refractivity contribution in [1.82, 2.24) is 9.78 Å². The summed E-state index contributed by atoms with van der Waals surface area (Å²) in [4.78, 5) is 0. The van der Waals surface area contributed by atoms with Gasteiger partial charge in [-0.1, -0.05) is 0 Å². The highest BCUT2D eigenvalue weighted by Gasteiger charge is 2.05. The molecule has 1 aromatic heterocycles. The fraction of sp³-hybridized carbons (Fsp3) is 0.250. The van der Waals surface area contributed by atoms with E-state index in [0.29, 0.717) is 0 Å². The maximum atomic E-state index is 5.33. The van der Waals surface area contributed by atoms with Crippen LogP contribution < -0.4 is 10.5 Å². The van der Waals surface area contributed by atoms with Crippen molar-refractivity contribution in [3.63, 3.8) is 0 Å². The van der Waals surface area contributed by atoms with Crippen molar-refractivity contribution in [2.75, 3.05) is 7.11 Å². The van der Waals surface area contributed by atoms with Gasteiger partial charge in [0, 0.05) is 23.5 Å². The van der Waals surface area contributed by atoms with Crippen LogP contribution in [-0.2, 0) is 13.1 Å². The zero-order valence-electron chi connectivity index (χ0n) is 9.39. The Kier molecular flexibility index (Phi) is 3.22. The topological polar surface area (TPSA) is 54.7 Å². The molecule has 84 valence electrons. The van der Waals surface area contributed by atoms with Crippen molar-refractivity contribution < 1.29 is 10.5 Å². The Morgan fingerprint density at radius 2 is 2.31 bits per heavy atom. The number of ether oxygens (including phenoxy) is 1. The van der Waals surface area contributed by atoms with Crippen LogP contribution in [0.2, 0.25) is 0 Å². The van der Waals surface area contributed by atoms with Crippen LogP contribution in [0.25, 0.3) is 0 Å². The molecular formula is C12H16N3O+. The average Bonchev–Trinajstić information content (AvgIpc) is 2.82. The fourth-order valence-electron chi connectivity index (χ4n) is 1.68. The molecule has 0 aliphatic heterocycles. The Bertz CT molecular complexity index is 451. The molecule has 4 heteroatoms. The van der Waals surface area contributed by atoms with Gasteiger partial charge in [0.1, 0.15) is 5.75 Å². The lowest BCUT2D eigenvalue weighted by molar-refractivity contribution is -0.386. The van der Waals surface area contributed by atoms with Crippen molar-refractivity contribution in [3.8, 4) is 5.75 Å². The second kappa shape index (κ2) is 4.81. The van der Waals surface area contributed by atoms with Crippen LogP contribution in [0.1, 0.15) is 11.1 Å². The van der Waals surface area contributed by atoms with Crippen LogP contribution >= 0.6 is 0 Å². The SMILES string of the molecule is COc1ccc(C[NH3+])cc1Cn1cccn1. The molecule has 0 saturated carbocycles. The van der Waals surface area contributed by atoms with Gasteiger partial charge in [0.15, 0.2) is 0 Å². The molecular weight excluding hydrogens is 202 g/mol. The molecule has 1 aromatic carbocycles. The van der Waals surface area contributed by atoms with Crippen LogP contribution in [0.15, 0.2) is 36.7 Å². The molecule has 0 spiro atoms. The van der Waals surface area contributed by atoms with Gasteiger partial charge in [-0.15, -0.1) is 0 Å². The summed E-state index contributed by atoms with van der Waals surface area (Å²) >= 11 is 0. The summed E-state index contributed by atoms with van der Waals surface area (Å²) in [7, 11) is 1.69. The number of benzene rings is 1. The molecule has 3 N–H and O–H groups in total. The van der Waals surface area contributed by atoms with Gasteiger partial charge in [-0.25, -0.2) is 0 Å². The van der Waals surface area contributed by atoms with Gasteiger partial charge in [0.2, 0.25) is 0 Å². The van der Waals surface area contributed by atoms with E-state index in [1.807, 2.05) is 29.1 Å². The van der Waals surface area contributed by atoms with E-state index in [9.17, 15) is 0 Å². The summed E-state index contributed by atoms with van der Waals surface area (Å²) in [5, 5.41) is 4.19. The monoisotopic (exact) mass is 218 g/mol. The predicted octanol–water partition coefficient (Wildman–Crippen LogP) is 0.682. The molecule has 0 radical (unpaired) electrons. The Morgan fingerprint density at radius 1 is 1.44 bits per heavy atom. The molecule has 4 nitrogen and oxygen atoms in total. The average molecular weight is 218 g/mol. The molecule has 16 heavy (non-hydrogen) atoms. The van der Waals surface area contributed by atoms with Gasteiger partial charge in [-0.05, 0) is 24.3 Å². The largest absolute Gasteiger partial charge is 0.496 e. The van der Waals surface area contributed by atoms with Crippen LogP contribution in [0.4, 0.5) is 0 Å². The second-order valence-corrected chi connectivity index (χ2v) is 3.60. The minimum absolute atomic E-state index is 0.726. The summed E-state index contributed by atoms with van der Waals surface area (Å²) in [6.07, 6.45) is 3.72. The van der Waals surface area contributed by atoms with Gasteiger partial charge in [-0.3, -0.25) is 4.68 Å². The van der Waals surface area contributed by atoms with Crippen LogP contribution in [0.5, 0.6) is 5.75 Å². The standard InChI is InChI=1S/C12H15N3O/c1-16-12-4-3-10(8-13)7-11(12)9-15-6-2-5-14-15/h2-7H,8-9,13H2,1H3/p+1. The minimum Gasteiger partial charge on any atom is -0.496 e. The number of hydrogen-bond donors (Lipinski definition) is 1. The number of methoxy groups -OCH3 is 1. The zero-order chi connectivity index (χ0) is 11.4. The quantitative estimate of drug-likeness (QED) is 0.820. The Labute approximate surface area is 94.6 Å². The van der Waals surface area contributed by atoms with Crippen molar-refractivity contribution in [3.05, 3.63) is 47.8 Å². The maximum Gasteiger partial charge on any atom is 0.123 e. The summed E-state index contributed by atoms with van der Waals surface area (Å²) in [5.74, 6) is 0.896. The van der Waals surface area contributed by atoms with Crippen molar-refractivity contribution in [1.29, 1.82) is 0 Å². The Hall–Kier alpha value is -1.81. The van der Waals surface area contributed by atoms with E-state index in [4.69, 9.17) is 4.74 Å². The highest BCUT2D eigenvalue weighted by Crippen LogP contribution is 2.20. The highest BCUT2D eigenvalue weighted by molar-refractivity contribution is 5.37. The van der Waals surface area contributed by atoms with Crippen molar-refractivity contribution in [2.24, 2.45) is 0 Å². The number of aromatic nitrogens is 2. The molecule has 0 fully saturated rings. The van der Waals surface area contributed by atoms with E-state index < -0.39 is 0 Å². The van der Waals surface area contributed by atoms with Gasteiger partial charge in [-0.2, -0.15) is 5.10 Å². The van der Waals surface area contributed by atoms with Crippen molar-refractivity contribution >= 4 is 0 Å². The lowest BCUT2D eigenvalue weighted by atomic mass is 10.1. The maximum absolute atomic E-state index is 5.33. The molecule has 0 unspecified atom stereocenters. The van der Waals surface area contributed by atoms with E-state index in [-0.39, 0.29) is 0 Å². The van der Waals surface area contributed by atoms with Gasteiger partial charge < -0.3 is 10.5 Å². The molecule has 0 bridgehead atoms. The molecule has 0 saturated heterocycles. The van der Waals surface area contributed by atoms with Crippen LogP contribution in [0.3, 0.4) is 0 Å². The van der Waals surface area contributed by atoms with Crippen LogP contribution in [-0.4, -0.2) is 16.9 Å². The molecule has 0 amide bonds. The molecule has 0 atom stereocenters. The number of hydrogen-bond acceptors (Lipinski definition) is 2. The minimum atomic E-state index is 0.726. The third-order valence-corrected chi connectivity index (χ3v) is 2.53. The molecule has 1 heterocycles. The first-order valence-electron chi connectivity index (χ1n) is 5.26. The van der Waals surface area contributed by atoms with E-state index in [1.165, 1.54) is 5.56 Å². The highest BCUT2D eigenvalue weighted by atomic mass is 16.5. The zero-order valence-corrected chi connectivity index (χ0v) is 9.39. The summed E-state index contributed by atoms with van der Waals surface area (Å²) in [6.45, 7) is 1.51. The predicted molar refractivity (Wildman–Crippen MR) is 60.9 cm³/mol. The number of quaternary nitrogens is 1. The van der Waals surface area contributed by atoms with Gasteiger partial charge >= 0.3 is 0 Å². The van der Waals surface area contributed by atoms with E-state index >= 15 is 0 Å². The smallest absolute Gasteiger partial charge is 0.123 e. The molecule has 0 aliphatic carbocycles. The third-order valence-electron chi connectivity index (χ3n) is 2.53. The number of rotatable bonds is 4. The van der Waals surface area contributed by atoms with Gasteiger partial charge in [0.05, 0.1) is 20.2 Å². The normalized spacial score (nSPS) is 10.4. The molecule has 0 aliphatic rings. The second-order valence-electron chi connectivity index (χ2n) is 3.60. The summed E-state index contributed by atoms with van der Waals surface area (Å²) in [6, 6.07) is 8.06. The Morgan fingerprint density at radius 3 is 2.94 bits per heavy atom. The van der Waals surface area contributed by atoms with Crippen molar-refractivity contribution in [2.45, 2.75) is 13.1 Å². The first-order valence-corrected chi connectivity index (χ1v) is 5.26. The van der Waals surface area contributed by atoms with E-state index in [2.05, 4.69) is 16.9 Å². The van der Waals surface area contributed by atoms with Gasteiger partial charge in [0.25, 0.3) is 0 Å². The molecule has 2 aromatic rings. The first-order chi connectivity index (χ1) is 7.83. The van der Waals surface area contributed by atoms with E-state index in [0.717, 1.165) is 24.4 Å². The van der Waals surface area contributed by atoms with E-state index in [1.54, 1.807) is 13.3 Å². The third kappa shape index (κ3) is 2.23. The number of nitrogens with zero attached hydrogens (tertiary/aromatic N) is 2. The summed E-state index contributed by atoms with van der Waals surface area (Å²) < 4.78 is 7.21.